The van der Waals surface area contributed by atoms with Crippen LogP contribution in [0.4, 0.5) is 13.2 Å². The zero-order valence-electron chi connectivity index (χ0n) is 21.5. The van der Waals surface area contributed by atoms with E-state index >= 15 is 4.39 Å². The molecule has 1 amide bonds. The maximum absolute atomic E-state index is 15.5. The van der Waals surface area contributed by atoms with Crippen LogP contribution in [0.1, 0.15) is 49.9 Å². The Morgan fingerprint density at radius 1 is 1.18 bits per heavy atom. The molecule has 0 radical (unpaired) electrons. The van der Waals surface area contributed by atoms with Crippen LogP contribution in [0.2, 0.25) is 0 Å². The molecule has 0 atom stereocenters. The summed E-state index contributed by atoms with van der Waals surface area (Å²) in [5.41, 5.74) is 0.423. The summed E-state index contributed by atoms with van der Waals surface area (Å²) in [5, 5.41) is 23.5. The molecule has 1 saturated carbocycles. The second-order valence-corrected chi connectivity index (χ2v) is 10.2. The van der Waals surface area contributed by atoms with Crippen molar-refractivity contribution in [3.8, 4) is 5.75 Å². The summed E-state index contributed by atoms with van der Waals surface area (Å²) in [6.07, 6.45) is 4.34. The molecule has 206 valence electrons. The summed E-state index contributed by atoms with van der Waals surface area (Å²) in [5.74, 6) is -0.817. The van der Waals surface area contributed by atoms with Gasteiger partial charge < -0.3 is 29.6 Å². The van der Waals surface area contributed by atoms with Crippen molar-refractivity contribution in [2.75, 3.05) is 26.9 Å². The largest absolute Gasteiger partial charge is 0.463 e. The molecule has 2 aliphatic carbocycles. The molecule has 1 aromatic carbocycles. The maximum Gasteiger partial charge on any atom is 0.234 e. The molecular weight excluding hydrogens is 501 g/mol. The summed E-state index contributed by atoms with van der Waals surface area (Å²) >= 11 is 0. The Morgan fingerprint density at radius 3 is 2.58 bits per heavy atom. The first-order valence-electron chi connectivity index (χ1n) is 12.5. The molecule has 1 fully saturated rings. The van der Waals surface area contributed by atoms with Crippen molar-refractivity contribution in [2.45, 2.75) is 57.1 Å². The molecule has 1 heterocycles. The van der Waals surface area contributed by atoms with Gasteiger partial charge in [-0.15, -0.1) is 0 Å². The van der Waals surface area contributed by atoms with Gasteiger partial charge in [-0.3, -0.25) is 4.79 Å². The molecule has 2 aromatic rings. The van der Waals surface area contributed by atoms with Crippen LogP contribution in [0.15, 0.2) is 35.8 Å². The normalized spacial score (nSPS) is 16.3. The van der Waals surface area contributed by atoms with Gasteiger partial charge in [0.1, 0.15) is 11.6 Å². The first-order valence-corrected chi connectivity index (χ1v) is 12.5. The molecule has 7 nitrogen and oxygen atoms in total. The zero-order chi connectivity index (χ0) is 27.5. The van der Waals surface area contributed by atoms with Crippen molar-refractivity contribution < 1.29 is 37.7 Å². The van der Waals surface area contributed by atoms with Gasteiger partial charge in [0.2, 0.25) is 12.8 Å². The SMILES string of the molecule is CC(C)(CO)c1cc2c(n1CCO)=CC(F)=C(NC(=O)C1(c3ccc(COCF)c(OCF)c3)CC1)CC=2. The Morgan fingerprint density at radius 2 is 1.95 bits per heavy atom. The molecular formula is C28H33F3N2O5. The van der Waals surface area contributed by atoms with Gasteiger partial charge in [-0.05, 0) is 41.8 Å². The minimum absolute atomic E-state index is 0.105. The van der Waals surface area contributed by atoms with Crippen LogP contribution < -0.4 is 20.6 Å². The van der Waals surface area contributed by atoms with Crippen molar-refractivity contribution >= 4 is 18.1 Å². The zero-order valence-corrected chi connectivity index (χ0v) is 21.5. The fraction of sp³-hybridized carbons (Fsp3) is 0.464. The molecule has 4 rings (SSSR count). The molecule has 3 N–H and O–H groups in total. The van der Waals surface area contributed by atoms with Gasteiger partial charge in [0.05, 0.1) is 36.3 Å². The topological polar surface area (TPSA) is 93.0 Å². The van der Waals surface area contributed by atoms with Crippen LogP contribution in [0.3, 0.4) is 0 Å². The average molecular weight is 535 g/mol. The monoisotopic (exact) mass is 534 g/mol. The quantitative estimate of drug-likeness (QED) is 0.389. The molecule has 0 bridgehead atoms. The van der Waals surface area contributed by atoms with E-state index in [0.717, 1.165) is 10.9 Å². The maximum atomic E-state index is 15.5. The van der Waals surface area contributed by atoms with Crippen molar-refractivity contribution in [1.29, 1.82) is 0 Å². The predicted molar refractivity (Wildman–Crippen MR) is 135 cm³/mol. The summed E-state index contributed by atoms with van der Waals surface area (Å²) in [6.45, 7) is 1.49. The van der Waals surface area contributed by atoms with Crippen LogP contribution >= 0.6 is 0 Å². The van der Waals surface area contributed by atoms with Crippen molar-refractivity contribution in [3.05, 3.63) is 63.2 Å². The number of aliphatic hydroxyl groups excluding tert-OH is 2. The Hall–Kier alpha value is -3.08. The highest BCUT2D eigenvalue weighted by atomic mass is 19.1. The first kappa shape index (κ1) is 27.9. The molecule has 1 aromatic heterocycles. The van der Waals surface area contributed by atoms with Crippen molar-refractivity contribution in [3.63, 3.8) is 0 Å². The Bertz CT molecular complexity index is 1340. The second-order valence-electron chi connectivity index (χ2n) is 10.2. The fourth-order valence-electron chi connectivity index (χ4n) is 4.86. The lowest BCUT2D eigenvalue weighted by atomic mass is 9.90. The third kappa shape index (κ3) is 5.39. The Kier molecular flexibility index (Phi) is 8.34. The van der Waals surface area contributed by atoms with Crippen molar-refractivity contribution in [2.24, 2.45) is 0 Å². The van der Waals surface area contributed by atoms with Crippen LogP contribution in [0.25, 0.3) is 12.2 Å². The lowest BCUT2D eigenvalue weighted by Gasteiger charge is -2.24. The van der Waals surface area contributed by atoms with E-state index < -0.39 is 30.4 Å². The standard InChI is InChI=1S/C28H33F3N2O5/c1-27(2,15-35)25-11-18-4-6-22(21(31)13-23(18)33(25)9-10-34)32-26(36)28(7-8-28)20-5-3-19(14-37-16-29)24(12-20)38-17-30/h3-5,11-13,34-35H,6-10,14-17H2,1-2H3,(H,32,36). The van der Waals surface area contributed by atoms with Gasteiger partial charge in [0.25, 0.3) is 0 Å². The fourth-order valence-corrected chi connectivity index (χ4v) is 4.86. The summed E-state index contributed by atoms with van der Waals surface area (Å²) in [7, 11) is 0. The highest BCUT2D eigenvalue weighted by Gasteiger charge is 2.51. The van der Waals surface area contributed by atoms with Gasteiger partial charge in [0, 0.05) is 29.6 Å². The number of hydrogen-bond acceptors (Lipinski definition) is 5. The number of hydrogen-bond donors (Lipinski definition) is 3. The van der Waals surface area contributed by atoms with Gasteiger partial charge in [-0.1, -0.05) is 32.1 Å². The number of aromatic nitrogens is 1. The number of aliphatic hydroxyl groups is 2. The van der Waals surface area contributed by atoms with E-state index in [1.165, 1.54) is 6.08 Å². The smallest absolute Gasteiger partial charge is 0.234 e. The van der Waals surface area contributed by atoms with E-state index in [9.17, 15) is 23.8 Å². The van der Waals surface area contributed by atoms with E-state index in [4.69, 9.17) is 9.47 Å². The number of benzene rings is 1. The highest BCUT2D eigenvalue weighted by Crippen LogP contribution is 2.49. The number of allylic oxidation sites excluding steroid dienone is 2. The number of carbonyl (C=O) groups excluding carboxylic acids is 1. The number of nitrogens with zero attached hydrogens (tertiary/aromatic N) is 1. The minimum Gasteiger partial charge on any atom is -0.463 e. The number of carbonyl (C=O) groups is 1. The van der Waals surface area contributed by atoms with E-state index in [0.29, 0.717) is 29.3 Å². The Labute approximate surface area is 218 Å². The highest BCUT2D eigenvalue weighted by molar-refractivity contribution is 5.93. The molecule has 0 spiro atoms. The van der Waals surface area contributed by atoms with E-state index in [2.05, 4.69) is 5.32 Å². The van der Waals surface area contributed by atoms with Gasteiger partial charge in [-0.25, -0.2) is 13.2 Å². The van der Waals surface area contributed by atoms with E-state index in [1.54, 1.807) is 22.8 Å². The molecule has 2 aliphatic rings. The number of rotatable bonds is 12. The van der Waals surface area contributed by atoms with Crippen LogP contribution in [-0.2, 0) is 33.5 Å². The molecule has 38 heavy (non-hydrogen) atoms. The van der Waals surface area contributed by atoms with Gasteiger partial charge >= 0.3 is 0 Å². The third-order valence-electron chi connectivity index (χ3n) is 7.27. The number of alkyl halides is 2. The first-order chi connectivity index (χ1) is 18.2. The lowest BCUT2D eigenvalue weighted by molar-refractivity contribution is -0.122. The third-order valence-corrected chi connectivity index (χ3v) is 7.27. The van der Waals surface area contributed by atoms with E-state index in [1.807, 2.05) is 26.0 Å². The number of halogens is 3. The second kappa shape index (κ2) is 11.3. The Balaban J connectivity index is 1.63. The van der Waals surface area contributed by atoms with Crippen LogP contribution in [-0.4, -0.2) is 47.6 Å². The predicted octanol–water partition coefficient (Wildman–Crippen LogP) is 2.49. The summed E-state index contributed by atoms with van der Waals surface area (Å²) < 4.78 is 52.4. The molecule has 10 heteroatoms. The molecule has 0 aliphatic heterocycles. The summed E-state index contributed by atoms with van der Waals surface area (Å²) in [4.78, 5) is 13.4. The molecule has 0 saturated heterocycles. The van der Waals surface area contributed by atoms with Crippen molar-refractivity contribution in [1.82, 2.24) is 9.88 Å². The number of ether oxygens (including phenoxy) is 2. The average Bonchev–Trinajstić information content (AvgIpc) is 3.67. The molecule has 0 unspecified atom stereocenters. The number of amides is 1. The summed E-state index contributed by atoms with van der Waals surface area (Å²) in [6, 6.07) is 6.73. The van der Waals surface area contributed by atoms with Gasteiger partial charge in [0.15, 0.2) is 6.86 Å². The van der Waals surface area contributed by atoms with Crippen LogP contribution in [0, 0.1) is 0 Å². The van der Waals surface area contributed by atoms with Gasteiger partial charge in [-0.2, -0.15) is 0 Å². The minimum atomic E-state index is -1.09. The lowest BCUT2D eigenvalue weighted by Crippen LogP contribution is -2.34. The van der Waals surface area contributed by atoms with Crippen LogP contribution in [0.5, 0.6) is 5.75 Å². The van der Waals surface area contributed by atoms with E-state index in [-0.39, 0.29) is 50.1 Å². The number of nitrogens with one attached hydrogen (secondary N) is 1. The number of fused-ring (bicyclic) bond motifs is 1.